The van der Waals surface area contributed by atoms with E-state index < -0.39 is 10.8 Å². The predicted molar refractivity (Wildman–Crippen MR) is 66.8 cm³/mol. The molecule has 0 saturated carbocycles. The Kier molecular flexibility index (Phi) is 3.88. The molecule has 0 fully saturated rings. The third-order valence-electron chi connectivity index (χ3n) is 2.44. The molecule has 0 aliphatic carbocycles. The topological polar surface area (TPSA) is 44.0 Å². The van der Waals surface area contributed by atoms with Crippen LogP contribution in [-0.2, 0) is 17.2 Å². The Morgan fingerprint density at radius 1 is 1.06 bits per heavy atom. The first kappa shape index (κ1) is 11.8. The van der Waals surface area contributed by atoms with Crippen molar-refractivity contribution in [2.75, 3.05) is 5.75 Å². The summed E-state index contributed by atoms with van der Waals surface area (Å²) < 4.78 is 12.6. The number of aromatic nitrogens is 1. The Morgan fingerprint density at radius 2 is 1.76 bits per heavy atom. The van der Waals surface area contributed by atoms with E-state index in [9.17, 15) is 9.42 Å². The van der Waals surface area contributed by atoms with E-state index in [1.165, 1.54) is 6.20 Å². The van der Waals surface area contributed by atoms with Crippen molar-refractivity contribution in [2.45, 2.75) is 11.4 Å². The van der Waals surface area contributed by atoms with Gasteiger partial charge in [-0.15, -0.1) is 0 Å². The second kappa shape index (κ2) is 5.59. The molecular formula is C13H13NO2S. The van der Waals surface area contributed by atoms with Gasteiger partial charge in [0, 0.05) is 17.9 Å². The molecule has 3 nitrogen and oxygen atoms in total. The molecule has 2 aromatic rings. The quantitative estimate of drug-likeness (QED) is 0.609. The van der Waals surface area contributed by atoms with Gasteiger partial charge in [-0.2, -0.15) is 4.73 Å². The van der Waals surface area contributed by atoms with Gasteiger partial charge in [0.05, 0.1) is 0 Å². The summed E-state index contributed by atoms with van der Waals surface area (Å²) in [7, 11) is -1.25. The Morgan fingerprint density at radius 3 is 2.47 bits per heavy atom. The fraction of sp³-hybridized carbons (Fsp3) is 0.154. The highest BCUT2D eigenvalue weighted by Crippen LogP contribution is 2.05. The number of hydrogen-bond donors (Lipinski definition) is 0. The van der Waals surface area contributed by atoms with Gasteiger partial charge >= 0.3 is 0 Å². The lowest BCUT2D eigenvalue weighted by Crippen LogP contribution is -2.32. The molecule has 17 heavy (non-hydrogen) atoms. The number of hydrogen-bond acceptors (Lipinski definition) is 2. The van der Waals surface area contributed by atoms with Crippen LogP contribution in [0, 0.1) is 5.21 Å². The third-order valence-corrected chi connectivity index (χ3v) is 3.80. The highest BCUT2D eigenvalue weighted by Gasteiger charge is 2.12. The van der Waals surface area contributed by atoms with Gasteiger partial charge in [0.1, 0.15) is 10.8 Å². The smallest absolute Gasteiger partial charge is 0.281 e. The van der Waals surface area contributed by atoms with Crippen molar-refractivity contribution in [1.29, 1.82) is 0 Å². The molecule has 1 aromatic carbocycles. The molecule has 0 aliphatic heterocycles. The Balaban J connectivity index is 2.01. The lowest BCUT2D eigenvalue weighted by Gasteiger charge is -2.03. The monoisotopic (exact) mass is 247 g/mol. The summed E-state index contributed by atoms with van der Waals surface area (Å²) in [6.07, 6.45) is 2.08. The van der Waals surface area contributed by atoms with Crippen molar-refractivity contribution >= 4 is 10.8 Å². The molecule has 0 aliphatic rings. The van der Waals surface area contributed by atoms with Gasteiger partial charge in [0.2, 0.25) is 0 Å². The Labute approximate surface area is 103 Å². The highest BCUT2D eigenvalue weighted by molar-refractivity contribution is 7.84. The van der Waals surface area contributed by atoms with Crippen LogP contribution < -0.4 is 4.73 Å². The zero-order chi connectivity index (χ0) is 12.1. The standard InChI is InChI=1S/C13H13NO2S/c15-14-10-5-4-8-13(14)17(16)11-9-12-6-2-1-3-7-12/h1-8,10H,9,11H2. The lowest BCUT2D eigenvalue weighted by molar-refractivity contribution is -0.646. The maximum absolute atomic E-state index is 11.9. The largest absolute Gasteiger partial charge is 0.618 e. The lowest BCUT2D eigenvalue weighted by atomic mass is 10.2. The van der Waals surface area contributed by atoms with E-state index in [1.54, 1.807) is 18.2 Å². The van der Waals surface area contributed by atoms with Crippen LogP contribution in [-0.4, -0.2) is 9.96 Å². The molecule has 88 valence electrons. The van der Waals surface area contributed by atoms with Crippen LogP contribution >= 0.6 is 0 Å². The van der Waals surface area contributed by atoms with E-state index in [0.29, 0.717) is 21.9 Å². The van der Waals surface area contributed by atoms with Crippen LogP contribution in [0.4, 0.5) is 0 Å². The molecule has 4 heteroatoms. The molecule has 1 unspecified atom stereocenters. The first-order valence-electron chi connectivity index (χ1n) is 5.38. The van der Waals surface area contributed by atoms with E-state index in [2.05, 4.69) is 0 Å². The van der Waals surface area contributed by atoms with Crippen molar-refractivity contribution in [3.05, 3.63) is 65.5 Å². The number of benzene rings is 1. The summed E-state index contributed by atoms with van der Waals surface area (Å²) in [4.78, 5) is 0. The molecule has 2 rings (SSSR count). The van der Waals surface area contributed by atoms with Crippen molar-refractivity contribution in [1.82, 2.24) is 0 Å². The number of aryl methyl sites for hydroxylation is 1. The molecule has 1 heterocycles. The van der Waals surface area contributed by atoms with E-state index in [0.717, 1.165) is 5.56 Å². The zero-order valence-electron chi connectivity index (χ0n) is 9.28. The van der Waals surface area contributed by atoms with E-state index in [1.807, 2.05) is 30.3 Å². The van der Waals surface area contributed by atoms with Crippen molar-refractivity contribution in [2.24, 2.45) is 0 Å². The van der Waals surface area contributed by atoms with Crippen molar-refractivity contribution in [3.8, 4) is 0 Å². The fourth-order valence-corrected chi connectivity index (χ4v) is 2.67. The van der Waals surface area contributed by atoms with Crippen molar-refractivity contribution < 1.29 is 8.94 Å². The van der Waals surface area contributed by atoms with Crippen LogP contribution in [0.25, 0.3) is 0 Å². The average molecular weight is 247 g/mol. The molecule has 1 atom stereocenters. The van der Waals surface area contributed by atoms with Crippen LogP contribution in [0.15, 0.2) is 59.8 Å². The molecule has 1 aromatic heterocycles. The molecule has 0 saturated heterocycles. The van der Waals surface area contributed by atoms with Gasteiger partial charge in [0.25, 0.3) is 5.03 Å². The van der Waals surface area contributed by atoms with E-state index in [4.69, 9.17) is 0 Å². The highest BCUT2D eigenvalue weighted by atomic mass is 32.2. The van der Waals surface area contributed by atoms with Gasteiger partial charge in [-0.05, 0) is 18.1 Å². The predicted octanol–water partition coefficient (Wildman–Crippen LogP) is 1.67. The Bertz CT molecular complexity index is 514. The summed E-state index contributed by atoms with van der Waals surface area (Å²) in [5.41, 5.74) is 1.13. The molecular weight excluding hydrogens is 234 g/mol. The SMILES string of the molecule is O=S(CCc1ccccc1)c1cccc[n+]1[O-]. The second-order valence-electron chi connectivity index (χ2n) is 3.65. The van der Waals surface area contributed by atoms with Crippen LogP contribution in [0.2, 0.25) is 0 Å². The second-order valence-corrected chi connectivity index (χ2v) is 5.17. The zero-order valence-corrected chi connectivity index (χ0v) is 10.1. The summed E-state index contributed by atoms with van der Waals surface area (Å²) in [6, 6.07) is 14.8. The number of nitrogens with zero attached hydrogens (tertiary/aromatic N) is 1. The molecule has 0 amide bonds. The summed E-state index contributed by atoms with van der Waals surface area (Å²) in [5, 5.41) is 11.7. The van der Waals surface area contributed by atoms with Gasteiger partial charge in [0.15, 0.2) is 6.20 Å². The fourth-order valence-electron chi connectivity index (χ4n) is 1.55. The maximum atomic E-state index is 11.9. The number of rotatable bonds is 4. The third kappa shape index (κ3) is 3.14. The minimum Gasteiger partial charge on any atom is -0.618 e. The van der Waals surface area contributed by atoms with E-state index >= 15 is 0 Å². The first-order chi connectivity index (χ1) is 8.27. The Hall–Kier alpha value is -1.68. The maximum Gasteiger partial charge on any atom is 0.281 e. The van der Waals surface area contributed by atoms with Gasteiger partial charge in [-0.25, -0.2) is 4.21 Å². The van der Waals surface area contributed by atoms with Gasteiger partial charge in [-0.3, -0.25) is 0 Å². The van der Waals surface area contributed by atoms with Crippen molar-refractivity contribution in [3.63, 3.8) is 0 Å². The minimum absolute atomic E-state index is 0.323. The minimum atomic E-state index is -1.25. The average Bonchev–Trinajstić information content (AvgIpc) is 2.38. The molecule has 0 N–H and O–H groups in total. The van der Waals surface area contributed by atoms with Crippen LogP contribution in [0.3, 0.4) is 0 Å². The first-order valence-corrected chi connectivity index (χ1v) is 6.70. The van der Waals surface area contributed by atoms with Crippen LogP contribution in [0.5, 0.6) is 0 Å². The summed E-state index contributed by atoms with van der Waals surface area (Å²) >= 11 is 0. The van der Waals surface area contributed by atoms with Gasteiger partial charge < -0.3 is 5.21 Å². The van der Waals surface area contributed by atoms with Crippen LogP contribution in [0.1, 0.15) is 5.56 Å². The normalized spacial score (nSPS) is 12.2. The van der Waals surface area contributed by atoms with E-state index in [-0.39, 0.29) is 0 Å². The molecule has 0 spiro atoms. The number of pyridine rings is 1. The summed E-state index contributed by atoms with van der Waals surface area (Å²) in [5.74, 6) is 0.469. The molecule has 0 radical (unpaired) electrons. The molecule has 0 bridgehead atoms. The van der Waals surface area contributed by atoms with Gasteiger partial charge in [-0.1, -0.05) is 30.3 Å². The summed E-state index contributed by atoms with van der Waals surface area (Å²) in [6.45, 7) is 0.